The Labute approximate surface area is 247 Å². The second kappa shape index (κ2) is 11.9. The fourth-order valence-electron chi connectivity index (χ4n) is 4.91. The van der Waals surface area contributed by atoms with Crippen LogP contribution < -0.4 is 10.6 Å². The molecule has 1 aromatic heterocycles. The zero-order valence-electron chi connectivity index (χ0n) is 23.3. The molecule has 3 heterocycles. The number of nitrogens with one attached hydrogen (secondary N) is 2. The van der Waals surface area contributed by atoms with E-state index in [9.17, 15) is 19.5 Å². The van der Waals surface area contributed by atoms with Crippen LogP contribution in [0.15, 0.2) is 47.0 Å². The van der Waals surface area contributed by atoms with Gasteiger partial charge in [0.15, 0.2) is 0 Å². The molecule has 11 heteroatoms. The number of rotatable bonds is 7. The van der Waals surface area contributed by atoms with Gasteiger partial charge in [-0.3, -0.25) is 19.4 Å². The summed E-state index contributed by atoms with van der Waals surface area (Å²) in [5.74, 6) is -1.12. The van der Waals surface area contributed by atoms with Crippen LogP contribution in [0.5, 0.6) is 0 Å². The number of likely N-dealkylation sites (tertiary alicyclic amines) is 1. The van der Waals surface area contributed by atoms with Crippen LogP contribution in [0.2, 0.25) is 0 Å². The highest BCUT2D eigenvalue weighted by atomic mass is 79.9. The number of aryl methyl sites for hydroxylation is 1. The summed E-state index contributed by atoms with van der Waals surface area (Å²) in [5.41, 5.74) is 4.13. The summed E-state index contributed by atoms with van der Waals surface area (Å²) >= 11 is 5.06. The first-order valence-corrected chi connectivity index (χ1v) is 15.0. The number of hydrogen-bond donors (Lipinski definition) is 3. The highest BCUT2D eigenvalue weighted by molar-refractivity contribution is 9.10. The summed E-state index contributed by atoms with van der Waals surface area (Å²) < 4.78 is -1.01. The van der Waals surface area contributed by atoms with E-state index in [-0.39, 0.29) is 30.8 Å². The number of hydrogen-bond acceptors (Lipinski definition) is 7. The molecule has 3 unspecified atom stereocenters. The summed E-state index contributed by atoms with van der Waals surface area (Å²) in [6, 6.07) is 5.87. The van der Waals surface area contributed by atoms with Crippen molar-refractivity contribution in [2.24, 2.45) is 10.4 Å². The van der Waals surface area contributed by atoms with E-state index < -0.39 is 33.8 Å². The van der Waals surface area contributed by atoms with Crippen LogP contribution in [0.4, 0.5) is 0 Å². The monoisotopic (exact) mass is 629 g/mol. The van der Waals surface area contributed by atoms with Gasteiger partial charge in [-0.15, -0.1) is 11.3 Å². The van der Waals surface area contributed by atoms with E-state index in [0.29, 0.717) is 6.42 Å². The van der Waals surface area contributed by atoms with Gasteiger partial charge in [-0.25, -0.2) is 4.98 Å². The predicted molar refractivity (Wildman–Crippen MR) is 160 cm³/mol. The number of alkyl halides is 1. The number of nitrogens with zero attached hydrogens (tertiary/aromatic N) is 3. The number of carbonyl (C=O) groups excluding carboxylic acids is 3. The van der Waals surface area contributed by atoms with Gasteiger partial charge in [0.1, 0.15) is 16.4 Å². The molecule has 9 nitrogen and oxygen atoms in total. The maximum atomic E-state index is 13.9. The van der Waals surface area contributed by atoms with Gasteiger partial charge in [0.2, 0.25) is 17.7 Å². The van der Waals surface area contributed by atoms with E-state index >= 15 is 0 Å². The van der Waals surface area contributed by atoms with Crippen LogP contribution >= 0.6 is 27.3 Å². The Bertz CT molecular complexity index is 1320. The lowest BCUT2D eigenvalue weighted by Gasteiger charge is -2.37. The molecule has 0 radical (unpaired) electrons. The first-order chi connectivity index (χ1) is 18.8. The highest BCUT2D eigenvalue weighted by Crippen LogP contribution is 2.31. The zero-order chi connectivity index (χ0) is 29.2. The lowest BCUT2D eigenvalue weighted by atomic mass is 9.85. The van der Waals surface area contributed by atoms with E-state index in [1.54, 1.807) is 23.6 Å². The SMILES string of the molecule is Cc1ncsc1-c1ccc(C(C)NC(=O)[C@@H]2C[C@@H](O)CN2C(=O)C(NC(=O)C2(Br)C=CN=CC2)C(C)(C)C)cc1. The van der Waals surface area contributed by atoms with Crippen LogP contribution in [0.25, 0.3) is 10.4 Å². The molecule has 0 bridgehead atoms. The minimum Gasteiger partial charge on any atom is -0.391 e. The van der Waals surface area contributed by atoms with E-state index in [1.165, 1.54) is 11.1 Å². The number of amides is 3. The summed E-state index contributed by atoms with van der Waals surface area (Å²) in [7, 11) is 0. The number of aliphatic hydroxyl groups is 1. The first kappa shape index (κ1) is 30.1. The number of aliphatic imine (C=N–C) groups is 1. The Hall–Kier alpha value is -2.89. The maximum absolute atomic E-state index is 13.9. The Morgan fingerprint density at radius 2 is 1.90 bits per heavy atom. The van der Waals surface area contributed by atoms with Crippen LogP contribution in [0, 0.1) is 12.3 Å². The van der Waals surface area contributed by atoms with Gasteiger partial charge in [-0.05, 0) is 36.5 Å². The third-order valence-electron chi connectivity index (χ3n) is 7.33. The quantitative estimate of drug-likeness (QED) is 0.401. The smallest absolute Gasteiger partial charge is 0.246 e. The van der Waals surface area contributed by atoms with E-state index in [2.05, 4.69) is 36.5 Å². The highest BCUT2D eigenvalue weighted by Gasteiger charge is 2.46. The first-order valence-electron chi connectivity index (χ1n) is 13.3. The van der Waals surface area contributed by atoms with Crippen LogP contribution in [0.3, 0.4) is 0 Å². The Balaban J connectivity index is 1.47. The molecule has 0 saturated carbocycles. The Morgan fingerprint density at radius 1 is 1.20 bits per heavy atom. The van der Waals surface area contributed by atoms with Gasteiger partial charge in [0.25, 0.3) is 0 Å². The van der Waals surface area contributed by atoms with Crippen molar-refractivity contribution in [2.45, 2.75) is 76.0 Å². The Kier molecular flexibility index (Phi) is 8.96. The lowest BCUT2D eigenvalue weighted by Crippen LogP contribution is -2.60. The van der Waals surface area contributed by atoms with Gasteiger partial charge in [0, 0.05) is 31.8 Å². The summed E-state index contributed by atoms with van der Waals surface area (Å²) in [6.07, 6.45) is 4.45. The zero-order valence-corrected chi connectivity index (χ0v) is 25.8. The van der Waals surface area contributed by atoms with Crippen molar-refractivity contribution in [3.8, 4) is 10.4 Å². The van der Waals surface area contributed by atoms with Crippen molar-refractivity contribution in [3.05, 3.63) is 53.3 Å². The third kappa shape index (κ3) is 6.53. The van der Waals surface area contributed by atoms with Crippen LogP contribution in [-0.4, -0.2) is 68.0 Å². The maximum Gasteiger partial charge on any atom is 0.246 e. The minimum absolute atomic E-state index is 0.0165. The molecule has 4 rings (SSSR count). The summed E-state index contributed by atoms with van der Waals surface area (Å²) in [5, 5.41) is 16.4. The lowest BCUT2D eigenvalue weighted by molar-refractivity contribution is -0.144. The van der Waals surface area contributed by atoms with Gasteiger partial charge in [0.05, 0.1) is 28.2 Å². The van der Waals surface area contributed by atoms with Gasteiger partial charge >= 0.3 is 0 Å². The van der Waals surface area contributed by atoms with E-state index in [1.807, 2.05) is 64.4 Å². The molecule has 214 valence electrons. The molecule has 1 aromatic carbocycles. The number of carbonyl (C=O) groups is 3. The van der Waals surface area contributed by atoms with Crippen LogP contribution in [0.1, 0.15) is 57.8 Å². The molecule has 3 N–H and O–H groups in total. The van der Waals surface area contributed by atoms with Crippen LogP contribution in [-0.2, 0) is 14.4 Å². The fraction of sp³-hybridized carbons (Fsp3) is 0.483. The molecule has 3 amide bonds. The van der Waals surface area contributed by atoms with E-state index in [0.717, 1.165) is 21.7 Å². The molecule has 0 aliphatic carbocycles. The molecule has 2 aromatic rings. The fourth-order valence-corrected chi connectivity index (χ4v) is 6.10. The molecule has 1 saturated heterocycles. The molecule has 40 heavy (non-hydrogen) atoms. The van der Waals surface area contributed by atoms with Gasteiger partial charge in [-0.1, -0.05) is 61.0 Å². The average molecular weight is 631 g/mol. The summed E-state index contributed by atoms with van der Waals surface area (Å²) in [6.45, 7) is 9.45. The normalized spacial score (nSPS) is 24.0. The molecular formula is C29H36BrN5O4S. The number of halogens is 1. The van der Waals surface area contributed by atoms with Gasteiger partial charge in [-0.2, -0.15) is 0 Å². The minimum atomic E-state index is -1.01. The Morgan fingerprint density at radius 3 is 2.48 bits per heavy atom. The molecular weight excluding hydrogens is 594 g/mol. The molecule has 1 fully saturated rings. The van der Waals surface area contributed by atoms with Gasteiger partial charge < -0.3 is 20.6 Å². The topological polar surface area (TPSA) is 124 Å². The average Bonchev–Trinajstić information content (AvgIpc) is 3.52. The molecule has 0 spiro atoms. The van der Waals surface area contributed by atoms with Crippen molar-refractivity contribution in [1.82, 2.24) is 20.5 Å². The number of β-amino-alcohol motifs (C(OH)–C–C–N with tert-alkyl or cyclic N) is 1. The number of aliphatic hydroxyl groups excluding tert-OH is 1. The van der Waals surface area contributed by atoms with Crippen molar-refractivity contribution in [3.63, 3.8) is 0 Å². The largest absolute Gasteiger partial charge is 0.391 e. The molecule has 2 aliphatic heterocycles. The van der Waals surface area contributed by atoms with Crippen molar-refractivity contribution in [2.75, 3.05) is 6.54 Å². The van der Waals surface area contributed by atoms with Crippen molar-refractivity contribution >= 4 is 51.2 Å². The second-order valence-corrected chi connectivity index (χ2v) is 13.8. The molecule has 2 aliphatic rings. The third-order valence-corrected chi connectivity index (χ3v) is 9.25. The number of thiazole rings is 1. The number of benzene rings is 1. The second-order valence-electron chi connectivity index (χ2n) is 11.5. The summed E-state index contributed by atoms with van der Waals surface area (Å²) in [4.78, 5) is 51.4. The van der Waals surface area contributed by atoms with Crippen molar-refractivity contribution < 1.29 is 19.5 Å². The predicted octanol–water partition coefficient (Wildman–Crippen LogP) is 3.91. The molecule has 5 atom stereocenters. The standard InChI is InChI=1S/C29H36BrN5O4S/c1-17(19-6-8-20(9-7-19)23-18(2)32-16-40-23)33-25(37)22-14-21(36)15-35(22)26(38)24(28(3,4)5)34-27(39)29(30)10-12-31-13-11-29/h6-10,12-13,16-17,21-22,24,36H,11,14-15H2,1-5H3,(H,33,37)(H,34,39)/t17?,21-,22+,24?,29?/m1/s1. The van der Waals surface area contributed by atoms with E-state index in [4.69, 9.17) is 0 Å². The number of aromatic nitrogens is 1. The van der Waals surface area contributed by atoms with Crippen molar-refractivity contribution in [1.29, 1.82) is 0 Å².